The number of hydrogen-bond acceptors (Lipinski definition) is 5. The van der Waals surface area contributed by atoms with Gasteiger partial charge in [-0.3, -0.25) is 0 Å². The Kier molecular flexibility index (Phi) is 5.79. The van der Waals surface area contributed by atoms with E-state index in [4.69, 9.17) is 4.52 Å². The van der Waals surface area contributed by atoms with E-state index in [2.05, 4.69) is 27.7 Å². The number of aromatic nitrogens is 2. The second-order valence-corrected chi connectivity index (χ2v) is 5.57. The van der Waals surface area contributed by atoms with Crippen LogP contribution < -0.4 is 10.6 Å². The van der Waals surface area contributed by atoms with Crippen LogP contribution in [0.25, 0.3) is 0 Å². The molecule has 1 fully saturated rings. The molecule has 2 atom stereocenters. The van der Waals surface area contributed by atoms with E-state index in [-0.39, 0.29) is 0 Å². The molecule has 0 spiro atoms. The van der Waals surface area contributed by atoms with Gasteiger partial charge in [0.25, 0.3) is 0 Å². The van der Waals surface area contributed by atoms with Crippen LogP contribution in [0, 0.1) is 6.92 Å². The average Bonchev–Trinajstić information content (AvgIpc) is 2.63. The average molecular weight is 266 g/mol. The Hall–Kier alpha value is -0.940. The maximum absolute atomic E-state index is 4.96. The van der Waals surface area contributed by atoms with Crippen LogP contribution in [-0.2, 0) is 6.42 Å². The third-order valence-electron chi connectivity index (χ3n) is 3.71. The fourth-order valence-corrected chi connectivity index (χ4v) is 2.69. The minimum atomic E-state index is 0.531. The van der Waals surface area contributed by atoms with Crippen LogP contribution >= 0.6 is 0 Å². The minimum Gasteiger partial charge on any atom is -0.340 e. The van der Waals surface area contributed by atoms with E-state index in [9.17, 15) is 0 Å². The summed E-state index contributed by atoms with van der Waals surface area (Å²) >= 11 is 0. The number of aryl methyl sites for hydroxylation is 1. The Morgan fingerprint density at radius 2 is 2.32 bits per heavy atom. The van der Waals surface area contributed by atoms with Gasteiger partial charge in [0.05, 0.1) is 0 Å². The predicted molar refractivity (Wildman–Crippen MR) is 75.1 cm³/mol. The number of hydrogen-bond donors (Lipinski definition) is 2. The van der Waals surface area contributed by atoms with Gasteiger partial charge >= 0.3 is 0 Å². The molecule has 0 radical (unpaired) electrons. The van der Waals surface area contributed by atoms with Crippen LogP contribution in [0.2, 0.25) is 0 Å². The molecule has 5 heteroatoms. The van der Waals surface area contributed by atoms with Gasteiger partial charge in [0, 0.05) is 32.0 Å². The summed E-state index contributed by atoms with van der Waals surface area (Å²) in [5.41, 5.74) is 0. The molecule has 1 aromatic rings. The molecule has 1 saturated heterocycles. The zero-order chi connectivity index (χ0) is 13.5. The molecule has 2 N–H and O–H groups in total. The molecule has 5 nitrogen and oxygen atoms in total. The number of nitrogens with one attached hydrogen (secondary N) is 2. The molecule has 1 aliphatic heterocycles. The monoisotopic (exact) mass is 266 g/mol. The van der Waals surface area contributed by atoms with Gasteiger partial charge in [0.2, 0.25) is 5.89 Å². The van der Waals surface area contributed by atoms with E-state index in [1.54, 1.807) is 0 Å². The summed E-state index contributed by atoms with van der Waals surface area (Å²) in [6, 6.07) is 1.21. The highest BCUT2D eigenvalue weighted by molar-refractivity contribution is 4.85. The fraction of sp³-hybridized carbons (Fsp3) is 0.857. The zero-order valence-corrected chi connectivity index (χ0v) is 12.1. The number of nitrogens with zero attached hydrogens (tertiary/aromatic N) is 2. The largest absolute Gasteiger partial charge is 0.340 e. The normalized spacial score (nSPS) is 22.1. The molecular formula is C14H26N4O. The first-order valence-corrected chi connectivity index (χ1v) is 7.50. The topological polar surface area (TPSA) is 63.0 Å². The molecule has 0 saturated carbocycles. The van der Waals surface area contributed by atoms with Crippen molar-refractivity contribution in [3.05, 3.63) is 11.7 Å². The summed E-state index contributed by atoms with van der Waals surface area (Å²) in [5.74, 6) is 1.44. The van der Waals surface area contributed by atoms with Crippen LogP contribution in [-0.4, -0.2) is 35.3 Å². The van der Waals surface area contributed by atoms with Gasteiger partial charge in [0.1, 0.15) is 0 Å². The van der Waals surface area contributed by atoms with E-state index in [1.165, 1.54) is 38.6 Å². The van der Waals surface area contributed by atoms with Crippen molar-refractivity contribution in [3.8, 4) is 0 Å². The van der Waals surface area contributed by atoms with E-state index < -0.39 is 0 Å². The SMILES string of the molecule is Cc1nc(CCNC(C)CC2CCCCCN2)no1. The maximum atomic E-state index is 4.96. The molecule has 2 unspecified atom stereocenters. The van der Waals surface area contributed by atoms with E-state index in [0.717, 1.165) is 18.8 Å². The van der Waals surface area contributed by atoms with Crippen LogP contribution in [0.4, 0.5) is 0 Å². The minimum absolute atomic E-state index is 0.531. The van der Waals surface area contributed by atoms with Gasteiger partial charge in [-0.25, -0.2) is 0 Å². The lowest BCUT2D eigenvalue weighted by molar-refractivity contribution is 0.383. The van der Waals surface area contributed by atoms with E-state index >= 15 is 0 Å². The van der Waals surface area contributed by atoms with Crippen molar-refractivity contribution in [1.29, 1.82) is 0 Å². The highest BCUT2D eigenvalue weighted by Gasteiger charge is 2.14. The molecule has 108 valence electrons. The molecule has 2 rings (SSSR count). The van der Waals surface area contributed by atoms with Crippen LogP contribution in [0.5, 0.6) is 0 Å². The lowest BCUT2D eigenvalue weighted by atomic mass is 10.0. The third-order valence-corrected chi connectivity index (χ3v) is 3.71. The van der Waals surface area contributed by atoms with Gasteiger partial charge in [-0.1, -0.05) is 18.0 Å². The molecule has 19 heavy (non-hydrogen) atoms. The third kappa shape index (κ3) is 5.28. The molecule has 0 aliphatic carbocycles. The smallest absolute Gasteiger partial charge is 0.223 e. The second kappa shape index (κ2) is 7.60. The van der Waals surface area contributed by atoms with Crippen LogP contribution in [0.15, 0.2) is 4.52 Å². The number of rotatable bonds is 6. The Morgan fingerprint density at radius 3 is 3.11 bits per heavy atom. The summed E-state index contributed by atoms with van der Waals surface area (Å²) in [4.78, 5) is 4.21. The van der Waals surface area contributed by atoms with E-state index in [1.807, 2.05) is 6.92 Å². The van der Waals surface area contributed by atoms with Crippen LogP contribution in [0.1, 0.15) is 50.7 Å². The van der Waals surface area contributed by atoms with Crippen molar-refractivity contribution in [1.82, 2.24) is 20.8 Å². The van der Waals surface area contributed by atoms with Gasteiger partial charge in [0.15, 0.2) is 5.82 Å². The molecule has 1 aliphatic rings. The zero-order valence-electron chi connectivity index (χ0n) is 12.1. The Morgan fingerprint density at radius 1 is 1.42 bits per heavy atom. The van der Waals surface area contributed by atoms with Crippen molar-refractivity contribution in [2.24, 2.45) is 0 Å². The van der Waals surface area contributed by atoms with Crippen molar-refractivity contribution in [3.63, 3.8) is 0 Å². The summed E-state index contributed by atoms with van der Waals surface area (Å²) in [7, 11) is 0. The van der Waals surface area contributed by atoms with Crippen molar-refractivity contribution in [2.45, 2.75) is 64.5 Å². The lowest BCUT2D eigenvalue weighted by Gasteiger charge is -2.21. The molecule has 0 aromatic carbocycles. The van der Waals surface area contributed by atoms with Gasteiger partial charge in [-0.05, 0) is 32.7 Å². The lowest BCUT2D eigenvalue weighted by Crippen LogP contribution is -2.37. The first-order valence-electron chi connectivity index (χ1n) is 7.50. The fourth-order valence-electron chi connectivity index (χ4n) is 2.69. The van der Waals surface area contributed by atoms with Crippen molar-refractivity contribution in [2.75, 3.05) is 13.1 Å². The van der Waals surface area contributed by atoms with Crippen molar-refractivity contribution < 1.29 is 4.52 Å². The van der Waals surface area contributed by atoms with Crippen LogP contribution in [0.3, 0.4) is 0 Å². The first-order chi connectivity index (χ1) is 9.24. The van der Waals surface area contributed by atoms with Gasteiger partial charge in [-0.15, -0.1) is 0 Å². The van der Waals surface area contributed by atoms with Gasteiger partial charge < -0.3 is 15.2 Å². The quantitative estimate of drug-likeness (QED) is 0.822. The molecule has 1 aromatic heterocycles. The molecule has 0 bridgehead atoms. The van der Waals surface area contributed by atoms with E-state index in [0.29, 0.717) is 18.0 Å². The summed E-state index contributed by atoms with van der Waals surface area (Å²) < 4.78 is 4.96. The summed E-state index contributed by atoms with van der Waals surface area (Å²) in [6.07, 6.45) is 7.42. The highest BCUT2D eigenvalue weighted by atomic mass is 16.5. The first kappa shape index (κ1) is 14.5. The molecular weight excluding hydrogens is 240 g/mol. The Labute approximate surface area is 115 Å². The van der Waals surface area contributed by atoms with Crippen molar-refractivity contribution >= 4 is 0 Å². The molecule has 2 heterocycles. The van der Waals surface area contributed by atoms with Gasteiger partial charge in [-0.2, -0.15) is 4.98 Å². The highest BCUT2D eigenvalue weighted by Crippen LogP contribution is 2.12. The maximum Gasteiger partial charge on any atom is 0.223 e. The summed E-state index contributed by atoms with van der Waals surface area (Å²) in [6.45, 7) is 6.17. The second-order valence-electron chi connectivity index (χ2n) is 5.57. The predicted octanol–water partition coefficient (Wildman–Crippen LogP) is 1.82. The Bertz CT molecular complexity index is 358. The Balaban J connectivity index is 1.62. The standard InChI is InChI=1S/C14H26N4O/c1-11(10-13-6-4-3-5-8-16-13)15-9-7-14-17-12(2)19-18-14/h11,13,15-16H,3-10H2,1-2H3. The molecule has 0 amide bonds. The summed E-state index contributed by atoms with van der Waals surface area (Å²) in [5, 5.41) is 11.1.